The van der Waals surface area contributed by atoms with E-state index >= 15 is 0 Å². The molecule has 31 heavy (non-hydrogen) atoms. The van der Waals surface area contributed by atoms with Crippen molar-refractivity contribution < 1.29 is 19.1 Å². The maximum Gasteiger partial charge on any atom is 0.353 e. The van der Waals surface area contributed by atoms with Gasteiger partial charge in [-0.15, -0.1) is 11.3 Å². The van der Waals surface area contributed by atoms with Gasteiger partial charge in [0.1, 0.15) is 16.4 Å². The van der Waals surface area contributed by atoms with Crippen molar-refractivity contribution in [1.82, 2.24) is 5.43 Å². The van der Waals surface area contributed by atoms with Crippen LogP contribution in [0.2, 0.25) is 0 Å². The third-order valence-corrected chi connectivity index (χ3v) is 5.17. The van der Waals surface area contributed by atoms with E-state index in [0.29, 0.717) is 16.4 Å². The Bertz CT molecular complexity index is 1210. The van der Waals surface area contributed by atoms with Gasteiger partial charge in [-0.1, -0.05) is 42.5 Å². The van der Waals surface area contributed by atoms with Gasteiger partial charge in [-0.2, -0.15) is 5.10 Å². The standard InChI is InChI=1S/C24H18N2O4S/c27-23(16-29-21-8-3-6-18-5-1-2-7-20(18)21)26-25-15-17-10-12-19(13-11-17)30-24(28)22-9-4-14-31-22/h1-15H,16H2,(H,26,27). The molecule has 0 saturated heterocycles. The predicted octanol–water partition coefficient (Wildman–Crippen LogP) is 4.65. The van der Waals surface area contributed by atoms with Crippen LogP contribution >= 0.6 is 11.3 Å². The zero-order chi connectivity index (χ0) is 21.5. The van der Waals surface area contributed by atoms with E-state index in [1.807, 2.05) is 47.8 Å². The maximum atomic E-state index is 12.0. The predicted molar refractivity (Wildman–Crippen MR) is 121 cm³/mol. The lowest BCUT2D eigenvalue weighted by molar-refractivity contribution is -0.123. The molecule has 0 aliphatic heterocycles. The fourth-order valence-corrected chi connectivity index (χ4v) is 3.45. The number of ether oxygens (including phenoxy) is 2. The van der Waals surface area contributed by atoms with Crippen molar-refractivity contribution in [3.63, 3.8) is 0 Å². The van der Waals surface area contributed by atoms with Crippen LogP contribution in [0.1, 0.15) is 15.2 Å². The van der Waals surface area contributed by atoms with Gasteiger partial charge in [-0.25, -0.2) is 10.2 Å². The molecule has 0 fully saturated rings. The molecule has 0 aliphatic rings. The highest BCUT2D eigenvalue weighted by Gasteiger charge is 2.09. The molecule has 0 unspecified atom stereocenters. The highest BCUT2D eigenvalue weighted by Crippen LogP contribution is 2.25. The van der Waals surface area contributed by atoms with Gasteiger partial charge in [0.05, 0.1) is 6.21 Å². The number of hydrogen-bond donors (Lipinski definition) is 1. The van der Waals surface area contributed by atoms with Crippen LogP contribution in [-0.4, -0.2) is 24.7 Å². The molecule has 0 spiro atoms. The summed E-state index contributed by atoms with van der Waals surface area (Å²) in [6, 6.07) is 23.8. The van der Waals surface area contributed by atoms with Crippen LogP contribution in [0.25, 0.3) is 10.8 Å². The third-order valence-electron chi connectivity index (χ3n) is 4.32. The first kappa shape index (κ1) is 20.3. The molecule has 6 nitrogen and oxygen atoms in total. The van der Waals surface area contributed by atoms with Crippen LogP contribution in [0.3, 0.4) is 0 Å². The molecule has 0 atom stereocenters. The van der Waals surface area contributed by atoms with Crippen molar-refractivity contribution >= 4 is 40.2 Å². The topological polar surface area (TPSA) is 77.0 Å². The smallest absolute Gasteiger partial charge is 0.353 e. The van der Waals surface area contributed by atoms with Crippen LogP contribution in [0.5, 0.6) is 11.5 Å². The van der Waals surface area contributed by atoms with Gasteiger partial charge in [0.2, 0.25) is 0 Å². The third kappa shape index (κ3) is 5.34. The normalized spacial score (nSPS) is 10.8. The first-order chi connectivity index (χ1) is 15.2. The second-order valence-corrected chi connectivity index (χ2v) is 7.44. The number of hydrazone groups is 1. The van der Waals surface area contributed by atoms with E-state index in [9.17, 15) is 9.59 Å². The van der Waals surface area contributed by atoms with Crippen molar-refractivity contribution in [1.29, 1.82) is 0 Å². The summed E-state index contributed by atoms with van der Waals surface area (Å²) in [7, 11) is 0. The van der Waals surface area contributed by atoms with Gasteiger partial charge in [-0.3, -0.25) is 4.79 Å². The van der Waals surface area contributed by atoms with Gasteiger partial charge in [-0.05, 0) is 52.7 Å². The van der Waals surface area contributed by atoms with Crippen molar-refractivity contribution in [2.24, 2.45) is 5.10 Å². The molecule has 3 aromatic carbocycles. The van der Waals surface area contributed by atoms with Crippen molar-refractivity contribution in [3.05, 3.63) is 94.7 Å². The van der Waals surface area contributed by atoms with Gasteiger partial charge in [0.25, 0.3) is 5.91 Å². The van der Waals surface area contributed by atoms with Gasteiger partial charge >= 0.3 is 5.97 Å². The van der Waals surface area contributed by atoms with Gasteiger partial charge in [0.15, 0.2) is 6.61 Å². The molecular formula is C24H18N2O4S. The lowest BCUT2D eigenvalue weighted by Crippen LogP contribution is -2.24. The minimum atomic E-state index is -0.394. The Labute approximate surface area is 182 Å². The summed E-state index contributed by atoms with van der Waals surface area (Å²) >= 11 is 1.32. The second kappa shape index (κ2) is 9.69. The molecule has 0 saturated carbocycles. The number of esters is 1. The highest BCUT2D eigenvalue weighted by atomic mass is 32.1. The summed E-state index contributed by atoms with van der Waals surface area (Å²) in [5, 5.41) is 7.74. The number of carbonyl (C=O) groups excluding carboxylic acids is 2. The summed E-state index contributed by atoms with van der Waals surface area (Å²) in [6.45, 7) is -0.150. The van der Waals surface area contributed by atoms with E-state index in [2.05, 4.69) is 10.5 Å². The largest absolute Gasteiger partial charge is 0.483 e. The van der Waals surface area contributed by atoms with Gasteiger partial charge < -0.3 is 9.47 Å². The Balaban J connectivity index is 1.27. The summed E-state index contributed by atoms with van der Waals surface area (Å²) in [4.78, 5) is 24.5. The Morgan fingerprint density at radius 3 is 2.55 bits per heavy atom. The zero-order valence-corrected chi connectivity index (χ0v) is 17.2. The molecule has 4 aromatic rings. The number of nitrogens with zero attached hydrogens (tertiary/aromatic N) is 1. The number of rotatable bonds is 7. The lowest BCUT2D eigenvalue weighted by atomic mass is 10.1. The van der Waals surface area contributed by atoms with Crippen LogP contribution in [0.4, 0.5) is 0 Å². The Hall–Kier alpha value is -3.97. The SMILES string of the molecule is O=C(COc1cccc2ccccc12)NN=Cc1ccc(OC(=O)c2cccs2)cc1. The molecule has 0 aliphatic carbocycles. The number of amides is 1. The molecule has 1 amide bonds. The average molecular weight is 430 g/mol. The fourth-order valence-electron chi connectivity index (χ4n) is 2.85. The minimum Gasteiger partial charge on any atom is -0.483 e. The van der Waals surface area contributed by atoms with E-state index in [-0.39, 0.29) is 12.5 Å². The molecule has 1 heterocycles. The van der Waals surface area contributed by atoms with Gasteiger partial charge in [0, 0.05) is 5.39 Å². The molecule has 7 heteroatoms. The maximum absolute atomic E-state index is 12.0. The molecular weight excluding hydrogens is 412 g/mol. The van der Waals surface area contributed by atoms with Crippen LogP contribution in [0, 0.1) is 0 Å². The molecule has 4 rings (SSSR count). The number of nitrogens with one attached hydrogen (secondary N) is 1. The molecule has 1 aromatic heterocycles. The fraction of sp³-hybridized carbons (Fsp3) is 0.0417. The van der Waals surface area contributed by atoms with E-state index < -0.39 is 5.97 Å². The quantitative estimate of drug-likeness (QED) is 0.200. The Morgan fingerprint density at radius 2 is 1.74 bits per heavy atom. The van der Waals surface area contributed by atoms with E-state index in [4.69, 9.17) is 9.47 Å². The number of carbonyl (C=O) groups is 2. The molecule has 154 valence electrons. The summed E-state index contributed by atoms with van der Waals surface area (Å²) in [5.41, 5.74) is 3.18. The monoisotopic (exact) mass is 430 g/mol. The highest BCUT2D eigenvalue weighted by molar-refractivity contribution is 7.12. The number of hydrogen-bond acceptors (Lipinski definition) is 6. The van der Waals surface area contributed by atoms with Crippen LogP contribution < -0.4 is 14.9 Å². The summed E-state index contributed by atoms with van der Waals surface area (Å²) < 4.78 is 10.9. The van der Waals surface area contributed by atoms with E-state index in [1.54, 1.807) is 36.4 Å². The Morgan fingerprint density at radius 1 is 0.935 bits per heavy atom. The first-order valence-electron chi connectivity index (χ1n) is 9.47. The van der Waals surface area contributed by atoms with Crippen LogP contribution in [0.15, 0.2) is 89.3 Å². The van der Waals surface area contributed by atoms with Crippen molar-refractivity contribution in [2.75, 3.05) is 6.61 Å². The Kier molecular flexibility index (Phi) is 6.35. The lowest BCUT2D eigenvalue weighted by Gasteiger charge is -2.08. The number of benzene rings is 3. The molecule has 1 N–H and O–H groups in total. The van der Waals surface area contributed by atoms with Crippen molar-refractivity contribution in [3.8, 4) is 11.5 Å². The first-order valence-corrected chi connectivity index (χ1v) is 10.4. The van der Waals surface area contributed by atoms with E-state index in [0.717, 1.165) is 16.3 Å². The summed E-state index contributed by atoms with van der Waals surface area (Å²) in [5.74, 6) is 0.313. The number of fused-ring (bicyclic) bond motifs is 1. The molecule has 0 bridgehead atoms. The van der Waals surface area contributed by atoms with Crippen LogP contribution in [-0.2, 0) is 4.79 Å². The minimum absolute atomic E-state index is 0.150. The van der Waals surface area contributed by atoms with Crippen molar-refractivity contribution in [2.45, 2.75) is 0 Å². The molecule has 0 radical (unpaired) electrons. The summed E-state index contributed by atoms with van der Waals surface area (Å²) in [6.07, 6.45) is 1.50. The second-order valence-electron chi connectivity index (χ2n) is 6.49. The average Bonchev–Trinajstić information content (AvgIpc) is 3.34. The van der Waals surface area contributed by atoms with E-state index in [1.165, 1.54) is 17.6 Å². The number of thiophene rings is 1. The zero-order valence-electron chi connectivity index (χ0n) is 16.4.